The van der Waals surface area contributed by atoms with E-state index in [9.17, 15) is 4.79 Å². The molecule has 1 atom stereocenters. The molecule has 0 aliphatic carbocycles. The van der Waals surface area contributed by atoms with Crippen molar-refractivity contribution >= 4 is 18.3 Å². The van der Waals surface area contributed by atoms with Gasteiger partial charge in [-0.3, -0.25) is 4.79 Å². The first kappa shape index (κ1) is 22.2. The SMILES string of the molecule is COc1ccc(CCC(C)NC(=O)c2nnn(C3CCNCC3)c2C)cc1.Cl. The van der Waals surface area contributed by atoms with E-state index < -0.39 is 0 Å². The predicted molar refractivity (Wildman–Crippen MR) is 111 cm³/mol. The van der Waals surface area contributed by atoms with Gasteiger partial charge in [-0.2, -0.15) is 0 Å². The molecule has 1 unspecified atom stereocenters. The second kappa shape index (κ2) is 10.4. The van der Waals surface area contributed by atoms with Crippen LogP contribution in [-0.4, -0.2) is 47.1 Å². The summed E-state index contributed by atoms with van der Waals surface area (Å²) in [5.41, 5.74) is 2.51. The van der Waals surface area contributed by atoms with E-state index in [2.05, 4.69) is 33.1 Å². The maximum absolute atomic E-state index is 12.6. The van der Waals surface area contributed by atoms with E-state index >= 15 is 0 Å². The first-order valence-electron chi connectivity index (χ1n) is 9.64. The second-order valence-electron chi connectivity index (χ2n) is 7.21. The van der Waals surface area contributed by atoms with Crippen LogP contribution < -0.4 is 15.4 Å². The number of hydrogen-bond acceptors (Lipinski definition) is 5. The summed E-state index contributed by atoms with van der Waals surface area (Å²) in [6.45, 7) is 5.91. The van der Waals surface area contributed by atoms with Crippen LogP contribution in [0.5, 0.6) is 5.75 Å². The van der Waals surface area contributed by atoms with Crippen LogP contribution in [0.1, 0.15) is 54.0 Å². The molecule has 1 aromatic heterocycles. The third kappa shape index (κ3) is 5.45. The lowest BCUT2D eigenvalue weighted by atomic mass is 10.1. The Bertz CT molecular complexity index is 756. The molecule has 0 saturated carbocycles. The largest absolute Gasteiger partial charge is 0.497 e. The summed E-state index contributed by atoms with van der Waals surface area (Å²) in [7, 11) is 1.66. The zero-order valence-electron chi connectivity index (χ0n) is 16.8. The van der Waals surface area contributed by atoms with Crippen LogP contribution in [0, 0.1) is 6.92 Å². The molecule has 1 aromatic carbocycles. The van der Waals surface area contributed by atoms with E-state index in [4.69, 9.17) is 4.74 Å². The fraction of sp³-hybridized carbons (Fsp3) is 0.550. The monoisotopic (exact) mass is 407 g/mol. The average Bonchev–Trinajstić information content (AvgIpc) is 3.09. The summed E-state index contributed by atoms with van der Waals surface area (Å²) in [5.74, 6) is 0.710. The number of carbonyl (C=O) groups is 1. The van der Waals surface area contributed by atoms with Crippen molar-refractivity contribution in [2.24, 2.45) is 0 Å². The average molecular weight is 408 g/mol. The van der Waals surface area contributed by atoms with Crippen molar-refractivity contribution in [3.8, 4) is 5.75 Å². The van der Waals surface area contributed by atoms with E-state index in [0.717, 1.165) is 50.2 Å². The number of amides is 1. The van der Waals surface area contributed by atoms with Crippen molar-refractivity contribution < 1.29 is 9.53 Å². The Labute approximate surface area is 172 Å². The number of benzene rings is 1. The summed E-state index contributed by atoms with van der Waals surface area (Å²) in [6.07, 6.45) is 3.79. The van der Waals surface area contributed by atoms with Crippen LogP contribution in [0.25, 0.3) is 0 Å². The van der Waals surface area contributed by atoms with Crippen LogP contribution in [0.3, 0.4) is 0 Å². The molecule has 154 valence electrons. The highest BCUT2D eigenvalue weighted by atomic mass is 35.5. The van der Waals surface area contributed by atoms with E-state index in [1.54, 1.807) is 7.11 Å². The minimum Gasteiger partial charge on any atom is -0.497 e. The Morgan fingerprint density at radius 1 is 1.32 bits per heavy atom. The molecule has 0 bridgehead atoms. The van der Waals surface area contributed by atoms with Crippen molar-refractivity contribution in [2.45, 2.75) is 51.6 Å². The van der Waals surface area contributed by atoms with Gasteiger partial charge < -0.3 is 15.4 Å². The topological polar surface area (TPSA) is 81.1 Å². The molecule has 0 radical (unpaired) electrons. The third-order valence-electron chi connectivity index (χ3n) is 5.20. The van der Waals surface area contributed by atoms with Gasteiger partial charge in [0.05, 0.1) is 18.8 Å². The summed E-state index contributed by atoms with van der Waals surface area (Å²) in [6, 6.07) is 8.42. The lowest BCUT2D eigenvalue weighted by Crippen LogP contribution is -2.34. The molecule has 1 aliphatic heterocycles. The number of ether oxygens (including phenoxy) is 1. The number of methoxy groups -OCH3 is 1. The number of aryl methyl sites for hydroxylation is 1. The molecule has 7 nitrogen and oxygen atoms in total. The van der Waals surface area contributed by atoms with E-state index in [1.807, 2.05) is 30.7 Å². The Morgan fingerprint density at radius 3 is 2.64 bits per heavy atom. The molecular formula is C20H30ClN5O2. The highest BCUT2D eigenvalue weighted by Gasteiger charge is 2.23. The van der Waals surface area contributed by atoms with Crippen molar-refractivity contribution in [3.05, 3.63) is 41.2 Å². The minimum absolute atomic E-state index is 0. The van der Waals surface area contributed by atoms with Crippen LogP contribution >= 0.6 is 12.4 Å². The molecule has 2 N–H and O–H groups in total. The van der Waals surface area contributed by atoms with Gasteiger partial charge in [0.2, 0.25) is 0 Å². The van der Waals surface area contributed by atoms with Crippen LogP contribution in [0.4, 0.5) is 0 Å². The molecule has 28 heavy (non-hydrogen) atoms. The lowest BCUT2D eigenvalue weighted by molar-refractivity contribution is 0.0932. The Balaban J connectivity index is 0.00000280. The third-order valence-corrected chi connectivity index (χ3v) is 5.20. The van der Waals surface area contributed by atoms with Gasteiger partial charge in [0, 0.05) is 6.04 Å². The molecule has 0 spiro atoms. The highest BCUT2D eigenvalue weighted by molar-refractivity contribution is 5.93. The molecule has 2 aromatic rings. The van der Waals surface area contributed by atoms with E-state index in [-0.39, 0.29) is 24.4 Å². The molecule has 3 rings (SSSR count). The molecular weight excluding hydrogens is 378 g/mol. The van der Waals surface area contributed by atoms with Crippen LogP contribution in [0.2, 0.25) is 0 Å². The van der Waals surface area contributed by atoms with Gasteiger partial charge in [0.1, 0.15) is 5.75 Å². The van der Waals surface area contributed by atoms with Crippen molar-refractivity contribution in [1.29, 1.82) is 0 Å². The van der Waals surface area contributed by atoms with Gasteiger partial charge in [0.25, 0.3) is 5.91 Å². The maximum atomic E-state index is 12.6. The van der Waals surface area contributed by atoms with Gasteiger partial charge in [-0.25, -0.2) is 4.68 Å². The van der Waals surface area contributed by atoms with Crippen LogP contribution in [0.15, 0.2) is 24.3 Å². The first-order valence-corrected chi connectivity index (χ1v) is 9.64. The number of nitrogens with one attached hydrogen (secondary N) is 2. The quantitative estimate of drug-likeness (QED) is 0.737. The van der Waals surface area contributed by atoms with Crippen LogP contribution in [-0.2, 0) is 6.42 Å². The Morgan fingerprint density at radius 2 is 2.00 bits per heavy atom. The smallest absolute Gasteiger partial charge is 0.273 e. The van der Waals surface area contributed by atoms with Crippen molar-refractivity contribution in [1.82, 2.24) is 25.6 Å². The van der Waals surface area contributed by atoms with E-state index in [0.29, 0.717) is 11.7 Å². The number of hydrogen-bond donors (Lipinski definition) is 2. The van der Waals surface area contributed by atoms with Crippen molar-refractivity contribution in [2.75, 3.05) is 20.2 Å². The molecule has 1 saturated heterocycles. The molecule has 8 heteroatoms. The number of carbonyl (C=O) groups excluding carboxylic acids is 1. The summed E-state index contributed by atoms with van der Waals surface area (Å²) in [5, 5.41) is 14.8. The fourth-order valence-electron chi connectivity index (χ4n) is 3.49. The van der Waals surface area contributed by atoms with Gasteiger partial charge in [-0.05, 0) is 70.3 Å². The normalized spacial score (nSPS) is 15.5. The number of piperidine rings is 1. The van der Waals surface area contributed by atoms with Gasteiger partial charge in [-0.1, -0.05) is 17.3 Å². The zero-order chi connectivity index (χ0) is 19.2. The molecule has 2 heterocycles. The Kier molecular flexibility index (Phi) is 8.26. The standard InChI is InChI=1S/C20H29N5O2.ClH/c1-14(4-5-16-6-8-18(27-3)9-7-16)22-20(26)19-15(2)25(24-23-19)17-10-12-21-13-11-17;/h6-9,14,17,21H,4-5,10-13H2,1-3H3,(H,22,26);1H. The second-order valence-corrected chi connectivity index (χ2v) is 7.21. The van der Waals surface area contributed by atoms with Gasteiger partial charge in [0.15, 0.2) is 5.69 Å². The lowest BCUT2D eigenvalue weighted by Gasteiger charge is -2.23. The number of halogens is 1. The van der Waals surface area contributed by atoms with Gasteiger partial charge in [-0.15, -0.1) is 17.5 Å². The Hall–Kier alpha value is -2.12. The van der Waals surface area contributed by atoms with Crippen molar-refractivity contribution in [3.63, 3.8) is 0 Å². The minimum atomic E-state index is -0.144. The zero-order valence-corrected chi connectivity index (χ0v) is 17.6. The molecule has 1 aliphatic rings. The number of aromatic nitrogens is 3. The van der Waals surface area contributed by atoms with Gasteiger partial charge >= 0.3 is 0 Å². The number of nitrogens with zero attached hydrogens (tertiary/aromatic N) is 3. The maximum Gasteiger partial charge on any atom is 0.273 e. The fourth-order valence-corrected chi connectivity index (χ4v) is 3.49. The summed E-state index contributed by atoms with van der Waals surface area (Å²) >= 11 is 0. The molecule has 1 fully saturated rings. The first-order chi connectivity index (χ1) is 13.1. The molecule has 1 amide bonds. The highest BCUT2D eigenvalue weighted by Crippen LogP contribution is 2.20. The predicted octanol–water partition coefficient (Wildman–Crippen LogP) is 2.69. The summed E-state index contributed by atoms with van der Waals surface area (Å²) in [4.78, 5) is 12.6. The number of rotatable bonds is 7. The van der Waals surface area contributed by atoms with E-state index in [1.165, 1.54) is 5.56 Å². The summed E-state index contributed by atoms with van der Waals surface area (Å²) < 4.78 is 7.09.